The Kier molecular flexibility index (Phi) is 5.01. The van der Waals surface area contributed by atoms with Gasteiger partial charge in [0.25, 0.3) is 5.91 Å². The molecule has 1 saturated heterocycles. The number of rotatable bonds is 3. The minimum absolute atomic E-state index is 0.0629. The fourth-order valence-electron chi connectivity index (χ4n) is 3.25. The number of aromatic nitrogens is 1. The smallest absolute Gasteiger partial charge is 0.279 e. The number of amides is 3. The number of nitrogens with zero attached hydrogens (tertiary/aromatic N) is 3. The van der Waals surface area contributed by atoms with Crippen molar-refractivity contribution in [2.24, 2.45) is 4.99 Å². The molecule has 3 aromatic rings. The summed E-state index contributed by atoms with van der Waals surface area (Å²) in [7, 11) is 0. The molecule has 6 nitrogen and oxygen atoms in total. The molecule has 30 heavy (non-hydrogen) atoms. The lowest BCUT2D eigenvalue weighted by Gasteiger charge is -2.14. The second-order valence-electron chi connectivity index (χ2n) is 6.50. The average molecular weight is 425 g/mol. The molecular formula is C21H13F2N3O3S. The molecule has 2 aromatic carbocycles. The number of thiazole rings is 1. The molecule has 1 aliphatic heterocycles. The summed E-state index contributed by atoms with van der Waals surface area (Å²) in [5.74, 6) is -0.535. The van der Waals surface area contributed by atoms with Gasteiger partial charge in [-0.15, -0.1) is 6.42 Å². The molecule has 0 N–H and O–H groups in total. The molecule has 0 spiro atoms. The van der Waals surface area contributed by atoms with E-state index in [0.29, 0.717) is 0 Å². The maximum atomic E-state index is 14.3. The Labute approximate surface area is 173 Å². The van der Waals surface area contributed by atoms with Gasteiger partial charge in [0, 0.05) is 24.5 Å². The van der Waals surface area contributed by atoms with Crippen LogP contribution in [0.25, 0.3) is 10.2 Å². The first kappa shape index (κ1) is 19.7. The maximum absolute atomic E-state index is 14.3. The van der Waals surface area contributed by atoms with Crippen LogP contribution in [0.15, 0.2) is 41.4 Å². The normalized spacial score (nSPS) is 14.6. The highest BCUT2D eigenvalue weighted by atomic mass is 32.1. The minimum Gasteiger partial charge on any atom is -0.302 e. The fourth-order valence-corrected chi connectivity index (χ4v) is 4.31. The Balaban J connectivity index is 1.79. The van der Waals surface area contributed by atoms with Crippen molar-refractivity contribution in [2.45, 2.75) is 19.4 Å². The van der Waals surface area contributed by atoms with E-state index >= 15 is 0 Å². The van der Waals surface area contributed by atoms with E-state index in [9.17, 15) is 23.2 Å². The Morgan fingerprint density at radius 2 is 1.90 bits per heavy atom. The van der Waals surface area contributed by atoms with Crippen molar-refractivity contribution in [1.29, 1.82) is 0 Å². The number of terminal acetylenes is 1. The molecular weight excluding hydrogens is 412 g/mol. The van der Waals surface area contributed by atoms with Gasteiger partial charge in [0.1, 0.15) is 5.82 Å². The number of anilines is 1. The lowest BCUT2D eigenvalue weighted by Crippen LogP contribution is -2.28. The number of carbonyl (C=O) groups is 3. The van der Waals surface area contributed by atoms with Crippen molar-refractivity contribution in [2.75, 3.05) is 4.90 Å². The van der Waals surface area contributed by atoms with Gasteiger partial charge in [0.2, 0.25) is 11.8 Å². The van der Waals surface area contributed by atoms with Gasteiger partial charge in [0.15, 0.2) is 10.6 Å². The van der Waals surface area contributed by atoms with E-state index in [4.69, 9.17) is 6.42 Å². The van der Waals surface area contributed by atoms with Crippen molar-refractivity contribution in [3.05, 3.63) is 58.4 Å². The van der Waals surface area contributed by atoms with E-state index < -0.39 is 17.5 Å². The van der Waals surface area contributed by atoms with Gasteiger partial charge in [-0.1, -0.05) is 23.3 Å². The third-order valence-electron chi connectivity index (χ3n) is 4.54. The molecule has 3 amide bonds. The van der Waals surface area contributed by atoms with E-state index in [1.807, 2.05) is 0 Å². The van der Waals surface area contributed by atoms with Gasteiger partial charge in [-0.05, 0) is 24.3 Å². The highest BCUT2D eigenvalue weighted by Crippen LogP contribution is 2.24. The molecule has 150 valence electrons. The van der Waals surface area contributed by atoms with E-state index in [1.54, 1.807) is 6.07 Å². The molecule has 4 rings (SSSR count). The number of carbonyl (C=O) groups excluding carboxylic acids is 3. The maximum Gasteiger partial charge on any atom is 0.279 e. The predicted molar refractivity (Wildman–Crippen MR) is 107 cm³/mol. The molecule has 0 unspecified atom stereocenters. The highest BCUT2D eigenvalue weighted by molar-refractivity contribution is 7.16. The van der Waals surface area contributed by atoms with E-state index in [2.05, 4.69) is 10.9 Å². The Hall–Kier alpha value is -3.64. The van der Waals surface area contributed by atoms with Gasteiger partial charge in [-0.3, -0.25) is 19.3 Å². The Morgan fingerprint density at radius 3 is 2.60 bits per heavy atom. The van der Waals surface area contributed by atoms with Gasteiger partial charge in [-0.25, -0.2) is 8.78 Å². The number of fused-ring (bicyclic) bond motifs is 1. The van der Waals surface area contributed by atoms with Crippen molar-refractivity contribution < 1.29 is 23.2 Å². The minimum atomic E-state index is -0.807. The lowest BCUT2D eigenvalue weighted by atomic mass is 10.2. The van der Waals surface area contributed by atoms with E-state index in [1.165, 1.54) is 22.8 Å². The third-order valence-corrected chi connectivity index (χ3v) is 5.57. The van der Waals surface area contributed by atoms with Gasteiger partial charge < -0.3 is 4.57 Å². The molecule has 0 bridgehead atoms. The molecule has 0 atom stereocenters. The van der Waals surface area contributed by atoms with Gasteiger partial charge >= 0.3 is 0 Å². The summed E-state index contributed by atoms with van der Waals surface area (Å²) in [6, 6.07) is 7.85. The first-order chi connectivity index (χ1) is 14.4. The molecule has 0 radical (unpaired) electrons. The fraction of sp³-hybridized carbons (Fsp3) is 0.143. The second kappa shape index (κ2) is 7.65. The highest BCUT2D eigenvalue weighted by Gasteiger charge is 2.30. The molecule has 9 heteroatoms. The molecule has 1 aromatic heterocycles. The van der Waals surface area contributed by atoms with Gasteiger partial charge in [-0.2, -0.15) is 4.99 Å². The summed E-state index contributed by atoms with van der Waals surface area (Å²) in [4.78, 5) is 41.8. The standard InChI is InChI=1S/C21H13F2N3O3S/c1-2-8-25-19-15(23)10-13(22)11-16(19)30-21(25)24-20(29)12-4-3-5-14(9-12)26-17(27)6-7-18(26)28/h1,3-5,9-11H,6-8H2. The molecule has 0 saturated carbocycles. The molecule has 1 fully saturated rings. The van der Waals surface area contributed by atoms with Crippen LogP contribution in [-0.2, 0) is 16.1 Å². The van der Waals surface area contributed by atoms with Crippen molar-refractivity contribution in [3.63, 3.8) is 0 Å². The van der Waals surface area contributed by atoms with Crippen LogP contribution in [0.2, 0.25) is 0 Å². The van der Waals surface area contributed by atoms with Crippen LogP contribution in [0.1, 0.15) is 23.2 Å². The molecule has 1 aliphatic rings. The van der Waals surface area contributed by atoms with Gasteiger partial charge in [0.05, 0.1) is 22.4 Å². The number of hydrogen-bond donors (Lipinski definition) is 0. The topological polar surface area (TPSA) is 71.7 Å². The zero-order valence-corrected chi connectivity index (χ0v) is 16.2. The average Bonchev–Trinajstić information content (AvgIpc) is 3.21. The molecule has 0 aliphatic carbocycles. The quantitative estimate of drug-likeness (QED) is 0.478. The van der Waals surface area contributed by atoms with Crippen LogP contribution in [0.3, 0.4) is 0 Å². The summed E-state index contributed by atoms with van der Waals surface area (Å²) in [5, 5.41) is 0. The van der Waals surface area contributed by atoms with Crippen LogP contribution < -0.4 is 9.70 Å². The van der Waals surface area contributed by atoms with Crippen LogP contribution in [0.4, 0.5) is 14.5 Å². The van der Waals surface area contributed by atoms with Crippen LogP contribution in [0.5, 0.6) is 0 Å². The zero-order chi connectivity index (χ0) is 21.4. The van der Waals surface area contributed by atoms with Crippen molar-refractivity contribution in [3.8, 4) is 12.3 Å². The number of benzene rings is 2. The summed E-state index contributed by atoms with van der Waals surface area (Å²) >= 11 is 0.927. The van der Waals surface area contributed by atoms with Crippen LogP contribution in [-0.4, -0.2) is 22.3 Å². The third kappa shape index (κ3) is 3.42. The first-order valence-corrected chi connectivity index (χ1v) is 9.67. The zero-order valence-electron chi connectivity index (χ0n) is 15.4. The van der Waals surface area contributed by atoms with Crippen molar-refractivity contribution >= 4 is 45.0 Å². The largest absolute Gasteiger partial charge is 0.302 e. The Bertz CT molecular complexity index is 1320. The van der Waals surface area contributed by atoms with Crippen LogP contribution in [0, 0.1) is 24.0 Å². The Morgan fingerprint density at radius 1 is 1.17 bits per heavy atom. The summed E-state index contributed by atoms with van der Waals surface area (Å²) in [6.07, 6.45) is 5.60. The SMILES string of the molecule is C#CCn1c(=NC(=O)c2cccc(N3C(=O)CCC3=O)c2)sc2cc(F)cc(F)c21. The van der Waals surface area contributed by atoms with Crippen LogP contribution >= 0.6 is 11.3 Å². The summed E-state index contributed by atoms with van der Waals surface area (Å²) in [6.45, 7) is -0.0640. The number of halogens is 2. The lowest BCUT2D eigenvalue weighted by molar-refractivity contribution is -0.121. The monoisotopic (exact) mass is 425 g/mol. The number of hydrogen-bond acceptors (Lipinski definition) is 4. The summed E-state index contributed by atoms with van der Waals surface area (Å²) in [5.41, 5.74) is 0.480. The number of imide groups is 1. The van der Waals surface area contributed by atoms with Crippen molar-refractivity contribution in [1.82, 2.24) is 4.57 Å². The summed E-state index contributed by atoms with van der Waals surface area (Å²) < 4.78 is 29.4. The molecule has 2 heterocycles. The van der Waals surface area contributed by atoms with E-state index in [-0.39, 0.29) is 57.5 Å². The first-order valence-electron chi connectivity index (χ1n) is 8.86. The predicted octanol–water partition coefficient (Wildman–Crippen LogP) is 3.01. The van der Waals surface area contributed by atoms with E-state index in [0.717, 1.165) is 28.4 Å². The second-order valence-corrected chi connectivity index (χ2v) is 7.51.